The predicted molar refractivity (Wildman–Crippen MR) is 191 cm³/mol. The zero-order chi connectivity index (χ0) is 33.1. The summed E-state index contributed by atoms with van der Waals surface area (Å²) in [6, 6.07) is 10.7. The minimum absolute atomic E-state index is 0.0204. The molecule has 0 unspecified atom stereocenters. The maximum absolute atomic E-state index is 14.6. The number of halogens is 4. The van der Waals surface area contributed by atoms with E-state index in [1.54, 1.807) is 0 Å². The number of guanidine groups is 2. The van der Waals surface area contributed by atoms with Gasteiger partial charge in [0.15, 0.2) is 11.9 Å². The van der Waals surface area contributed by atoms with Crippen LogP contribution in [0.1, 0.15) is 49.7 Å². The van der Waals surface area contributed by atoms with Crippen LogP contribution in [0, 0.1) is 5.41 Å². The van der Waals surface area contributed by atoms with E-state index < -0.39 is 23.3 Å². The molecule has 244 valence electrons. The minimum atomic E-state index is -1.56. The third-order valence-electron chi connectivity index (χ3n) is 7.30. The van der Waals surface area contributed by atoms with Gasteiger partial charge in [0, 0.05) is 44.1 Å². The van der Waals surface area contributed by atoms with Gasteiger partial charge in [0.25, 0.3) is 0 Å². The van der Waals surface area contributed by atoms with Crippen molar-refractivity contribution >= 4 is 93.5 Å². The van der Waals surface area contributed by atoms with Gasteiger partial charge in [0.1, 0.15) is 5.41 Å². The van der Waals surface area contributed by atoms with Gasteiger partial charge in [0.05, 0.1) is 0 Å². The first-order valence-electron chi connectivity index (χ1n) is 14.5. The number of rotatable bonds is 16. The number of urea groups is 1. The number of carbonyl (C=O) groups is 3. The number of imide groups is 2. The summed E-state index contributed by atoms with van der Waals surface area (Å²) < 4.78 is 3.20. The van der Waals surface area contributed by atoms with Crippen LogP contribution in [-0.4, -0.2) is 65.7 Å². The molecule has 0 atom stereocenters. The smallest absolute Gasteiger partial charge is 0.333 e. The third-order valence-corrected chi connectivity index (χ3v) is 9.13. The molecule has 2 aromatic rings. The van der Waals surface area contributed by atoms with Crippen molar-refractivity contribution in [2.75, 3.05) is 26.2 Å². The average Bonchev–Trinajstić information content (AvgIpc) is 2.93. The summed E-state index contributed by atoms with van der Waals surface area (Å²) in [6.45, 7) is 1.24. The SMILES string of the molecule is NC(N)=NCCCCCN1C(=O)N(CCCCCN=C(N)N)C(=O)C(Cc2cc(Br)cc(Br)c2)(Cc2cc(Br)cc(Br)c2)C1=O. The summed E-state index contributed by atoms with van der Waals surface area (Å²) in [7, 11) is 0. The predicted octanol–water partition coefficient (Wildman–Crippen LogP) is 5.19. The zero-order valence-corrected chi connectivity index (χ0v) is 31.1. The second-order valence-corrected chi connectivity index (χ2v) is 14.6. The average molecular weight is 878 g/mol. The van der Waals surface area contributed by atoms with E-state index in [-0.39, 0.29) is 37.9 Å². The van der Waals surface area contributed by atoms with Crippen LogP contribution in [0.15, 0.2) is 64.3 Å². The van der Waals surface area contributed by atoms with Crippen LogP contribution in [0.25, 0.3) is 0 Å². The first-order chi connectivity index (χ1) is 21.3. The first-order valence-corrected chi connectivity index (χ1v) is 17.7. The lowest BCUT2D eigenvalue weighted by atomic mass is 9.72. The molecule has 1 saturated heterocycles. The molecule has 1 fully saturated rings. The number of amides is 4. The highest BCUT2D eigenvalue weighted by Crippen LogP contribution is 2.39. The normalized spacial score (nSPS) is 14.5. The number of barbiturate groups is 1. The molecule has 0 aliphatic carbocycles. The van der Waals surface area contributed by atoms with Gasteiger partial charge in [-0.3, -0.25) is 29.4 Å². The van der Waals surface area contributed by atoms with Gasteiger partial charge in [0.2, 0.25) is 11.8 Å². The maximum Gasteiger partial charge on any atom is 0.333 e. The molecule has 4 amide bonds. The highest BCUT2D eigenvalue weighted by Gasteiger charge is 2.57. The Morgan fingerprint density at radius 3 is 1.27 bits per heavy atom. The van der Waals surface area contributed by atoms with Gasteiger partial charge in [-0.1, -0.05) is 63.7 Å². The summed E-state index contributed by atoms with van der Waals surface area (Å²) in [6.07, 6.45) is 4.04. The molecule has 8 N–H and O–H groups in total. The first kappa shape index (κ1) is 37.0. The minimum Gasteiger partial charge on any atom is -0.370 e. The number of hydrogen-bond acceptors (Lipinski definition) is 5. The number of unbranched alkanes of at least 4 members (excludes halogenated alkanes) is 4. The largest absolute Gasteiger partial charge is 0.370 e. The number of carbonyl (C=O) groups excluding carboxylic acids is 3. The number of nitrogens with zero attached hydrogens (tertiary/aromatic N) is 4. The lowest BCUT2D eigenvalue weighted by Gasteiger charge is -2.44. The molecule has 0 spiro atoms. The fraction of sp³-hybridized carbons (Fsp3) is 0.433. The molecule has 2 aromatic carbocycles. The van der Waals surface area contributed by atoms with Crippen molar-refractivity contribution in [3.63, 3.8) is 0 Å². The highest BCUT2D eigenvalue weighted by atomic mass is 79.9. The monoisotopic (exact) mass is 874 g/mol. The topological polar surface area (TPSA) is 186 Å². The van der Waals surface area contributed by atoms with Crippen LogP contribution in [0.4, 0.5) is 4.79 Å². The zero-order valence-electron chi connectivity index (χ0n) is 24.8. The third kappa shape index (κ3) is 10.8. The molecule has 1 heterocycles. The van der Waals surface area contributed by atoms with E-state index in [1.165, 1.54) is 9.80 Å². The van der Waals surface area contributed by atoms with E-state index in [0.29, 0.717) is 51.6 Å². The van der Waals surface area contributed by atoms with Gasteiger partial charge in [-0.25, -0.2) is 4.79 Å². The Balaban J connectivity index is 2.01. The van der Waals surface area contributed by atoms with Crippen LogP contribution in [0.5, 0.6) is 0 Å². The van der Waals surface area contributed by atoms with Crippen molar-refractivity contribution in [3.05, 3.63) is 65.4 Å². The molecule has 0 radical (unpaired) electrons. The van der Waals surface area contributed by atoms with Crippen LogP contribution < -0.4 is 22.9 Å². The standard InChI is InChI=1S/C30H38Br4N8O3/c31-21-11-19(12-22(32)15-21)17-30(18-20-13-23(33)16-24(34)14-20)25(43)41(9-5-1-3-7-39-27(35)36)29(45)42(26(30)44)10-6-2-4-8-40-28(37)38/h11-16H,1-10,17-18H2,(H4,35,36,39)(H4,37,38,40). The van der Waals surface area contributed by atoms with E-state index >= 15 is 0 Å². The number of aliphatic imine (C=N–C) groups is 2. The molecule has 45 heavy (non-hydrogen) atoms. The summed E-state index contributed by atoms with van der Waals surface area (Å²) in [5, 5.41) is 0. The van der Waals surface area contributed by atoms with Gasteiger partial charge in [-0.2, -0.15) is 0 Å². The Bertz CT molecular complexity index is 1300. The van der Waals surface area contributed by atoms with E-state index in [2.05, 4.69) is 73.7 Å². The fourth-order valence-electron chi connectivity index (χ4n) is 5.34. The van der Waals surface area contributed by atoms with Gasteiger partial charge in [-0.05, 0) is 98.9 Å². The molecule has 0 bridgehead atoms. The van der Waals surface area contributed by atoms with Crippen molar-refractivity contribution in [1.29, 1.82) is 0 Å². The lowest BCUT2D eigenvalue weighted by molar-refractivity contribution is -0.159. The molecular formula is C30H38Br4N8O3. The molecule has 1 aliphatic rings. The summed E-state index contributed by atoms with van der Waals surface area (Å²) in [4.78, 5) is 53.5. The van der Waals surface area contributed by atoms with Crippen molar-refractivity contribution in [3.8, 4) is 0 Å². The Labute approximate surface area is 297 Å². The Morgan fingerprint density at radius 1 is 0.578 bits per heavy atom. The van der Waals surface area contributed by atoms with Crippen molar-refractivity contribution < 1.29 is 14.4 Å². The molecule has 3 rings (SSSR count). The molecule has 0 saturated carbocycles. The van der Waals surface area contributed by atoms with Gasteiger partial charge in [-0.15, -0.1) is 0 Å². The molecule has 11 nitrogen and oxygen atoms in total. The van der Waals surface area contributed by atoms with E-state index in [1.807, 2.05) is 36.4 Å². The van der Waals surface area contributed by atoms with Crippen molar-refractivity contribution in [2.24, 2.45) is 38.3 Å². The van der Waals surface area contributed by atoms with Crippen LogP contribution >= 0.6 is 63.7 Å². The fourth-order valence-corrected chi connectivity index (χ4v) is 8.12. The summed E-state index contributed by atoms with van der Waals surface area (Å²) in [5.41, 5.74) is 21.7. The highest BCUT2D eigenvalue weighted by molar-refractivity contribution is 9.11. The van der Waals surface area contributed by atoms with Crippen LogP contribution in [0.2, 0.25) is 0 Å². The second-order valence-electron chi connectivity index (χ2n) is 10.9. The quantitative estimate of drug-likeness (QED) is 0.0774. The Hall–Kier alpha value is -2.49. The Kier molecular flexibility index (Phi) is 14.3. The van der Waals surface area contributed by atoms with E-state index in [9.17, 15) is 14.4 Å². The van der Waals surface area contributed by atoms with E-state index in [0.717, 1.165) is 29.0 Å². The number of nitrogens with two attached hydrogens (primary N) is 4. The molecule has 1 aliphatic heterocycles. The van der Waals surface area contributed by atoms with Crippen LogP contribution in [0.3, 0.4) is 0 Å². The van der Waals surface area contributed by atoms with Gasteiger partial charge >= 0.3 is 6.03 Å². The van der Waals surface area contributed by atoms with Crippen LogP contribution in [-0.2, 0) is 22.4 Å². The maximum atomic E-state index is 14.6. The van der Waals surface area contributed by atoms with Crippen molar-refractivity contribution in [1.82, 2.24) is 9.80 Å². The molecule has 0 aromatic heterocycles. The number of hydrogen-bond donors (Lipinski definition) is 4. The van der Waals surface area contributed by atoms with Gasteiger partial charge < -0.3 is 22.9 Å². The van der Waals surface area contributed by atoms with Crippen molar-refractivity contribution in [2.45, 2.75) is 51.4 Å². The van der Waals surface area contributed by atoms with E-state index in [4.69, 9.17) is 22.9 Å². The lowest BCUT2D eigenvalue weighted by Crippen LogP contribution is -2.66. The number of benzene rings is 2. The summed E-state index contributed by atoms with van der Waals surface area (Å²) in [5.74, 6) is -0.963. The molecular weight excluding hydrogens is 840 g/mol. The second kappa shape index (κ2) is 17.4. The summed E-state index contributed by atoms with van der Waals surface area (Å²) >= 11 is 14.1. The molecule has 15 heteroatoms. The Morgan fingerprint density at radius 2 is 0.933 bits per heavy atom.